The van der Waals surface area contributed by atoms with E-state index >= 15 is 0 Å². The fraction of sp³-hybridized carbons (Fsp3) is 0.217. The lowest BCUT2D eigenvalue weighted by Gasteiger charge is -2.15. The number of rotatable bonds is 8. The maximum Gasteiger partial charge on any atom is 0.155 e. The largest absolute Gasteiger partial charge is 0.497 e. The Bertz CT molecular complexity index is 909. The molecule has 0 aliphatic carbocycles. The summed E-state index contributed by atoms with van der Waals surface area (Å²) < 4.78 is 11.2. The highest BCUT2D eigenvalue weighted by Gasteiger charge is 2.07. The molecule has 0 spiro atoms. The van der Waals surface area contributed by atoms with Crippen molar-refractivity contribution in [2.45, 2.75) is 20.4 Å². The molecule has 28 heavy (non-hydrogen) atoms. The third-order valence-electron chi connectivity index (χ3n) is 4.25. The van der Waals surface area contributed by atoms with E-state index in [9.17, 15) is 0 Å². The van der Waals surface area contributed by atoms with Gasteiger partial charge in [0.25, 0.3) is 0 Å². The zero-order chi connectivity index (χ0) is 19.8. The van der Waals surface area contributed by atoms with Gasteiger partial charge in [0.1, 0.15) is 17.2 Å². The summed E-state index contributed by atoms with van der Waals surface area (Å²) in [5, 5.41) is 10.8. The maximum atomic E-state index is 6.05. The molecule has 0 saturated carbocycles. The van der Waals surface area contributed by atoms with E-state index in [1.807, 2.05) is 72.6 Å². The van der Waals surface area contributed by atoms with Crippen molar-refractivity contribution in [2.75, 3.05) is 13.7 Å². The van der Waals surface area contributed by atoms with E-state index in [0.29, 0.717) is 18.0 Å². The smallest absolute Gasteiger partial charge is 0.155 e. The molecule has 0 N–H and O–H groups in total. The van der Waals surface area contributed by atoms with Crippen molar-refractivity contribution in [3.05, 3.63) is 83.9 Å². The quantitative estimate of drug-likeness (QED) is 0.342. The van der Waals surface area contributed by atoms with Crippen molar-refractivity contribution in [2.24, 2.45) is 10.3 Å². The zero-order valence-electron chi connectivity index (χ0n) is 16.5. The number of ether oxygens (including phenoxy) is 2. The van der Waals surface area contributed by atoms with E-state index in [2.05, 4.69) is 29.4 Å². The second-order valence-electron chi connectivity index (χ2n) is 6.40. The van der Waals surface area contributed by atoms with Gasteiger partial charge >= 0.3 is 0 Å². The van der Waals surface area contributed by atoms with Crippen LogP contribution in [0.4, 0.5) is 5.69 Å². The van der Waals surface area contributed by atoms with E-state index in [0.717, 1.165) is 23.6 Å². The fourth-order valence-corrected chi connectivity index (χ4v) is 2.67. The molecule has 0 radical (unpaired) electrons. The molecule has 0 fully saturated rings. The summed E-state index contributed by atoms with van der Waals surface area (Å²) in [6.07, 6.45) is 0. The summed E-state index contributed by atoms with van der Waals surface area (Å²) in [7, 11) is 1.64. The fourth-order valence-electron chi connectivity index (χ4n) is 2.67. The van der Waals surface area contributed by atoms with Crippen molar-refractivity contribution < 1.29 is 9.47 Å². The Labute approximate surface area is 166 Å². The second kappa shape index (κ2) is 9.55. The van der Waals surface area contributed by atoms with Gasteiger partial charge in [0.05, 0.1) is 13.7 Å². The molecule has 0 heterocycles. The predicted octanol–water partition coefficient (Wildman–Crippen LogP) is 6.32. The lowest BCUT2D eigenvalue weighted by atomic mass is 10.2. The van der Waals surface area contributed by atoms with Crippen molar-refractivity contribution in [1.29, 1.82) is 0 Å². The summed E-state index contributed by atoms with van der Waals surface area (Å²) >= 11 is 0. The number of methoxy groups -OCH3 is 1. The van der Waals surface area contributed by atoms with Gasteiger partial charge in [-0.15, -0.1) is 5.11 Å². The molecule has 3 aromatic rings. The molecule has 0 saturated heterocycles. The van der Waals surface area contributed by atoms with Gasteiger partial charge < -0.3 is 9.47 Å². The molecule has 144 valence electrons. The number of nitrogens with zero attached hydrogens (tertiary/aromatic N) is 3. The maximum absolute atomic E-state index is 6.05. The predicted molar refractivity (Wildman–Crippen MR) is 111 cm³/mol. The van der Waals surface area contributed by atoms with Crippen molar-refractivity contribution >= 4 is 5.69 Å². The van der Waals surface area contributed by atoms with Gasteiger partial charge in [0.2, 0.25) is 0 Å². The second-order valence-corrected chi connectivity index (χ2v) is 6.40. The van der Waals surface area contributed by atoms with Crippen LogP contribution in [0.2, 0.25) is 0 Å². The summed E-state index contributed by atoms with van der Waals surface area (Å²) in [5.41, 5.74) is 2.98. The Kier molecular flexibility index (Phi) is 6.63. The van der Waals surface area contributed by atoms with Crippen LogP contribution in [0.3, 0.4) is 0 Å². The van der Waals surface area contributed by atoms with Gasteiger partial charge in [-0.1, -0.05) is 41.6 Å². The minimum absolute atomic E-state index is 0.671. The molecule has 0 aliphatic heterocycles. The normalized spacial score (nSPS) is 10.8. The molecule has 0 amide bonds. The molecule has 0 aliphatic rings. The molecular weight excluding hydrogens is 350 g/mol. The molecule has 5 heteroatoms. The van der Waals surface area contributed by atoms with Crippen LogP contribution >= 0.6 is 0 Å². The van der Waals surface area contributed by atoms with Crippen LogP contribution in [0.1, 0.15) is 18.1 Å². The average Bonchev–Trinajstić information content (AvgIpc) is 2.73. The van der Waals surface area contributed by atoms with Gasteiger partial charge in [-0.25, -0.2) is 0 Å². The first kappa shape index (κ1) is 19.4. The van der Waals surface area contributed by atoms with Gasteiger partial charge in [-0.05, 0) is 61.4 Å². The van der Waals surface area contributed by atoms with E-state index in [-0.39, 0.29) is 0 Å². The lowest BCUT2D eigenvalue weighted by molar-refractivity contribution is 0.276. The number of hydrogen-bond donors (Lipinski definition) is 0. The minimum Gasteiger partial charge on any atom is -0.497 e. The van der Waals surface area contributed by atoms with Crippen LogP contribution in [0.5, 0.6) is 17.2 Å². The molecule has 0 bridgehead atoms. The highest BCUT2D eigenvalue weighted by molar-refractivity contribution is 5.54. The summed E-state index contributed by atoms with van der Waals surface area (Å²) in [5.74, 6) is 2.18. The van der Waals surface area contributed by atoms with Crippen LogP contribution in [-0.4, -0.2) is 18.7 Å². The summed E-state index contributed by atoms with van der Waals surface area (Å²) in [4.78, 5) is 0. The third kappa shape index (κ3) is 5.33. The molecule has 0 unspecified atom stereocenters. The topological polar surface area (TPSA) is 46.4 Å². The van der Waals surface area contributed by atoms with Gasteiger partial charge in [0, 0.05) is 6.54 Å². The first-order valence-corrected chi connectivity index (χ1v) is 9.31. The summed E-state index contributed by atoms with van der Waals surface area (Å²) in [6.45, 7) is 5.56. The zero-order valence-corrected chi connectivity index (χ0v) is 16.5. The Morgan fingerprint density at radius 1 is 0.893 bits per heavy atom. The standard InChI is InChI=1S/C23H25N3O2/c1-4-26(17-19-8-6-5-7-9-19)25-24-22-15-10-18(2)16-23(22)28-21-13-11-20(27-3)12-14-21/h5-16H,4,17H2,1-3H3. The number of aryl methyl sites for hydroxylation is 1. The third-order valence-corrected chi connectivity index (χ3v) is 4.25. The Morgan fingerprint density at radius 2 is 1.61 bits per heavy atom. The Morgan fingerprint density at radius 3 is 2.29 bits per heavy atom. The van der Waals surface area contributed by atoms with Crippen molar-refractivity contribution in [1.82, 2.24) is 5.01 Å². The highest BCUT2D eigenvalue weighted by Crippen LogP contribution is 2.33. The van der Waals surface area contributed by atoms with Crippen molar-refractivity contribution in [3.63, 3.8) is 0 Å². The van der Waals surface area contributed by atoms with Crippen LogP contribution in [0, 0.1) is 6.92 Å². The van der Waals surface area contributed by atoms with E-state index in [1.165, 1.54) is 5.56 Å². The number of benzene rings is 3. The summed E-state index contributed by atoms with van der Waals surface area (Å²) in [6, 6.07) is 23.6. The number of hydrogen-bond acceptors (Lipinski definition) is 4. The minimum atomic E-state index is 0.671. The van der Waals surface area contributed by atoms with Gasteiger partial charge in [-0.3, -0.25) is 5.01 Å². The SMILES string of the molecule is CCN(Cc1ccccc1)N=Nc1ccc(C)cc1Oc1ccc(OC)cc1. The first-order chi connectivity index (χ1) is 13.7. The Balaban J connectivity index is 1.77. The molecule has 5 nitrogen and oxygen atoms in total. The van der Waals surface area contributed by atoms with Crippen LogP contribution in [-0.2, 0) is 6.54 Å². The molecular formula is C23H25N3O2. The van der Waals surface area contributed by atoms with Crippen molar-refractivity contribution in [3.8, 4) is 17.2 Å². The molecule has 0 atom stereocenters. The highest BCUT2D eigenvalue weighted by atomic mass is 16.5. The Hall–Kier alpha value is -3.34. The van der Waals surface area contributed by atoms with Crippen LogP contribution in [0.25, 0.3) is 0 Å². The first-order valence-electron chi connectivity index (χ1n) is 9.31. The molecule has 0 aromatic heterocycles. The van der Waals surface area contributed by atoms with E-state index in [4.69, 9.17) is 9.47 Å². The molecule has 3 rings (SSSR count). The van der Waals surface area contributed by atoms with E-state index in [1.54, 1.807) is 7.11 Å². The van der Waals surface area contributed by atoms with E-state index < -0.39 is 0 Å². The molecule has 3 aromatic carbocycles. The average molecular weight is 375 g/mol. The van der Waals surface area contributed by atoms with Crippen LogP contribution in [0.15, 0.2) is 83.1 Å². The monoisotopic (exact) mass is 375 g/mol. The van der Waals surface area contributed by atoms with Gasteiger partial charge in [0.15, 0.2) is 5.75 Å². The van der Waals surface area contributed by atoms with Crippen LogP contribution < -0.4 is 9.47 Å². The lowest BCUT2D eigenvalue weighted by Crippen LogP contribution is -2.15. The van der Waals surface area contributed by atoms with Gasteiger partial charge in [-0.2, -0.15) is 0 Å².